The molecule has 76 heavy (non-hydrogen) atoms. The van der Waals surface area contributed by atoms with E-state index in [0.717, 1.165) is 141 Å². The molecule has 6 heteroatoms. The zero-order valence-corrected chi connectivity index (χ0v) is 49.5. The van der Waals surface area contributed by atoms with Crippen LogP contribution < -0.4 is 0 Å². The fourth-order valence-corrected chi connectivity index (χ4v) is 8.46. The highest BCUT2D eigenvalue weighted by Crippen LogP contribution is 2.15. The van der Waals surface area contributed by atoms with Gasteiger partial charge in [-0.1, -0.05) is 258 Å². The van der Waals surface area contributed by atoms with Crippen molar-refractivity contribution in [3.05, 3.63) is 122 Å². The van der Waals surface area contributed by atoms with Crippen molar-refractivity contribution in [1.82, 2.24) is 0 Å². The Kier molecular flexibility index (Phi) is 59.9. The molecule has 0 aliphatic rings. The molecule has 0 heterocycles. The molecule has 0 radical (unpaired) electrons. The predicted octanol–water partition coefficient (Wildman–Crippen LogP) is 21.6. The summed E-state index contributed by atoms with van der Waals surface area (Å²) in [5.41, 5.74) is 0. The summed E-state index contributed by atoms with van der Waals surface area (Å²) < 4.78 is 16.8. The molecule has 0 aliphatic heterocycles. The van der Waals surface area contributed by atoms with E-state index < -0.39 is 6.10 Å². The maximum Gasteiger partial charge on any atom is 0.306 e. The summed E-state index contributed by atoms with van der Waals surface area (Å²) in [6.45, 7) is 6.42. The number of carbonyl (C=O) groups is 3. The van der Waals surface area contributed by atoms with Gasteiger partial charge in [-0.25, -0.2) is 0 Å². The van der Waals surface area contributed by atoms with Gasteiger partial charge in [0, 0.05) is 19.3 Å². The number of esters is 3. The van der Waals surface area contributed by atoms with Crippen LogP contribution in [0.15, 0.2) is 122 Å². The summed E-state index contributed by atoms with van der Waals surface area (Å²) >= 11 is 0. The van der Waals surface area contributed by atoms with Gasteiger partial charge in [-0.2, -0.15) is 0 Å². The Hall–Kier alpha value is -4.19. The van der Waals surface area contributed by atoms with Gasteiger partial charge in [0.2, 0.25) is 0 Å². The molecule has 1 unspecified atom stereocenters. The first kappa shape index (κ1) is 71.8. The topological polar surface area (TPSA) is 78.9 Å². The molecule has 0 aliphatic carbocycles. The van der Waals surface area contributed by atoms with Crippen molar-refractivity contribution in [2.45, 2.75) is 290 Å². The average molecular weight is 1050 g/mol. The van der Waals surface area contributed by atoms with E-state index in [1.807, 2.05) is 0 Å². The van der Waals surface area contributed by atoms with Gasteiger partial charge in [-0.15, -0.1) is 0 Å². The Bertz CT molecular complexity index is 1590. The maximum atomic E-state index is 12.8. The second kappa shape index (κ2) is 63.3. The van der Waals surface area contributed by atoms with Crippen molar-refractivity contribution < 1.29 is 28.6 Å². The lowest BCUT2D eigenvalue weighted by Gasteiger charge is -2.18. The van der Waals surface area contributed by atoms with Gasteiger partial charge in [0.15, 0.2) is 6.10 Å². The lowest BCUT2D eigenvalue weighted by molar-refractivity contribution is -0.167. The monoisotopic (exact) mass is 1050 g/mol. The molecule has 0 fully saturated rings. The SMILES string of the molecule is CC/C=C\C/C=C\C/C=C\C/C=C\C/C=C\C/C=C\C/C=C\CCCCCCCCCCCCCC(=O)OCC(COC(=O)CCCCCCC/C=C\CCCCC)OC(=O)CCCCCCC/C=C\C/C=C\CCC. The van der Waals surface area contributed by atoms with Gasteiger partial charge in [-0.05, 0) is 128 Å². The lowest BCUT2D eigenvalue weighted by atomic mass is 10.0. The van der Waals surface area contributed by atoms with Gasteiger partial charge in [0.1, 0.15) is 13.2 Å². The predicted molar refractivity (Wildman–Crippen MR) is 330 cm³/mol. The van der Waals surface area contributed by atoms with Gasteiger partial charge < -0.3 is 14.2 Å². The number of hydrogen-bond donors (Lipinski definition) is 0. The first-order valence-electron chi connectivity index (χ1n) is 31.5. The molecule has 6 nitrogen and oxygen atoms in total. The smallest absolute Gasteiger partial charge is 0.306 e. The van der Waals surface area contributed by atoms with Crippen LogP contribution in [0, 0.1) is 0 Å². The summed E-state index contributed by atoms with van der Waals surface area (Å²) in [6.07, 6.45) is 87.8. The molecular formula is C70H116O6. The molecule has 0 bridgehead atoms. The second-order valence-corrected chi connectivity index (χ2v) is 20.6. The van der Waals surface area contributed by atoms with Gasteiger partial charge in [-0.3, -0.25) is 14.4 Å². The first-order valence-corrected chi connectivity index (χ1v) is 31.5. The Morgan fingerprint density at radius 1 is 0.276 bits per heavy atom. The maximum absolute atomic E-state index is 12.8. The zero-order chi connectivity index (χ0) is 55.0. The molecule has 0 amide bonds. The Balaban J connectivity index is 4.19. The fourth-order valence-electron chi connectivity index (χ4n) is 8.46. The largest absolute Gasteiger partial charge is 0.462 e. The van der Waals surface area contributed by atoms with E-state index in [4.69, 9.17) is 14.2 Å². The van der Waals surface area contributed by atoms with Crippen LogP contribution in [0.25, 0.3) is 0 Å². The van der Waals surface area contributed by atoms with Crippen molar-refractivity contribution in [2.24, 2.45) is 0 Å². The quantitative estimate of drug-likeness (QED) is 0.0261. The van der Waals surface area contributed by atoms with Crippen LogP contribution in [0.1, 0.15) is 284 Å². The number of carbonyl (C=O) groups excluding carboxylic acids is 3. The molecule has 0 aromatic rings. The van der Waals surface area contributed by atoms with E-state index in [1.54, 1.807) is 0 Å². The Labute approximate surface area is 469 Å². The molecule has 0 saturated heterocycles. The lowest BCUT2D eigenvalue weighted by Crippen LogP contribution is -2.30. The van der Waals surface area contributed by atoms with Crippen LogP contribution in [0.2, 0.25) is 0 Å². The number of unbranched alkanes of at least 4 members (excludes halogenated alkanes) is 25. The molecule has 0 aromatic heterocycles. The van der Waals surface area contributed by atoms with Gasteiger partial charge >= 0.3 is 17.9 Å². The van der Waals surface area contributed by atoms with Crippen molar-refractivity contribution in [3.63, 3.8) is 0 Å². The minimum absolute atomic E-state index is 0.0887. The summed E-state index contributed by atoms with van der Waals surface area (Å²) in [4.78, 5) is 38.2. The third-order valence-corrected chi connectivity index (χ3v) is 13.2. The van der Waals surface area contributed by atoms with Crippen LogP contribution in [-0.2, 0) is 28.6 Å². The molecule has 0 aromatic carbocycles. The summed E-state index contributed by atoms with van der Waals surface area (Å²) in [7, 11) is 0. The standard InChI is InChI=1S/C70H116O6/c1-4-7-10-13-16-19-22-25-26-27-28-29-30-31-32-33-34-35-36-37-38-39-40-41-42-43-44-46-48-51-54-57-60-63-69(72)75-66-67(65-74-68(71)62-59-56-53-50-47-24-21-18-15-12-9-6-3)76-70(73)64-61-58-55-52-49-45-23-20-17-14-11-8-5-2/h7,10-11,14,16,18-21,23,25-26,28-29,31-32,34-35,37-38,67H,4-6,8-9,12-13,15,17,22,24,27,30,33,36,39-66H2,1-3H3/b10-7-,14-11-,19-16-,21-18-,23-20-,26-25-,29-28-,32-31-,35-34-,38-37-. The van der Waals surface area contributed by atoms with Crippen LogP contribution in [0.5, 0.6) is 0 Å². The van der Waals surface area contributed by atoms with Crippen LogP contribution in [0.4, 0.5) is 0 Å². The summed E-state index contributed by atoms with van der Waals surface area (Å²) in [5.74, 6) is -0.913. The average Bonchev–Trinajstić information content (AvgIpc) is 3.42. The molecule has 0 saturated carbocycles. The van der Waals surface area contributed by atoms with E-state index >= 15 is 0 Å². The van der Waals surface area contributed by atoms with Crippen molar-refractivity contribution in [1.29, 1.82) is 0 Å². The number of ether oxygens (including phenoxy) is 3. The molecule has 432 valence electrons. The van der Waals surface area contributed by atoms with Crippen LogP contribution >= 0.6 is 0 Å². The normalized spacial score (nSPS) is 12.9. The number of hydrogen-bond acceptors (Lipinski definition) is 6. The molecule has 0 N–H and O–H groups in total. The van der Waals surface area contributed by atoms with Crippen LogP contribution in [-0.4, -0.2) is 37.2 Å². The number of rotatable bonds is 56. The molecule has 0 rings (SSSR count). The molecular weight excluding hydrogens is 937 g/mol. The van der Waals surface area contributed by atoms with Crippen molar-refractivity contribution >= 4 is 17.9 Å². The second-order valence-electron chi connectivity index (χ2n) is 20.6. The minimum atomic E-state index is -0.791. The van der Waals surface area contributed by atoms with Crippen molar-refractivity contribution in [3.8, 4) is 0 Å². The highest BCUT2D eigenvalue weighted by atomic mass is 16.6. The van der Waals surface area contributed by atoms with Gasteiger partial charge in [0.25, 0.3) is 0 Å². The molecule has 0 spiro atoms. The third-order valence-electron chi connectivity index (χ3n) is 13.2. The first-order chi connectivity index (χ1) is 37.5. The number of allylic oxidation sites excluding steroid dienone is 20. The van der Waals surface area contributed by atoms with Gasteiger partial charge in [0.05, 0.1) is 0 Å². The van der Waals surface area contributed by atoms with E-state index in [9.17, 15) is 14.4 Å². The fraction of sp³-hybridized carbons (Fsp3) is 0.671. The third kappa shape index (κ3) is 60.7. The Morgan fingerprint density at radius 2 is 0.539 bits per heavy atom. The summed E-state index contributed by atoms with van der Waals surface area (Å²) in [5, 5.41) is 0. The van der Waals surface area contributed by atoms with E-state index in [1.165, 1.54) is 103 Å². The van der Waals surface area contributed by atoms with E-state index in [2.05, 4.69) is 142 Å². The zero-order valence-electron chi connectivity index (χ0n) is 49.5. The Morgan fingerprint density at radius 3 is 0.868 bits per heavy atom. The highest BCUT2D eigenvalue weighted by molar-refractivity contribution is 5.71. The molecule has 1 atom stereocenters. The highest BCUT2D eigenvalue weighted by Gasteiger charge is 2.19. The minimum Gasteiger partial charge on any atom is -0.462 e. The van der Waals surface area contributed by atoms with E-state index in [-0.39, 0.29) is 31.1 Å². The van der Waals surface area contributed by atoms with Crippen molar-refractivity contribution in [2.75, 3.05) is 13.2 Å². The summed E-state index contributed by atoms with van der Waals surface area (Å²) in [6, 6.07) is 0. The van der Waals surface area contributed by atoms with E-state index in [0.29, 0.717) is 19.3 Å². The van der Waals surface area contributed by atoms with Crippen LogP contribution in [0.3, 0.4) is 0 Å².